The maximum absolute atomic E-state index is 11.7. The van der Waals surface area contributed by atoms with Crippen LogP contribution in [0.4, 0.5) is 0 Å². The molecule has 0 aromatic carbocycles. The molecule has 0 amide bonds. The van der Waals surface area contributed by atoms with Crippen molar-refractivity contribution in [1.82, 2.24) is 0 Å². The standard InChI is InChI=1S/C22H45O9P.Na/c1-2-3-4-5-6-7-8-9-10-11-12-13-14-15-22(26)29-17-21(25)19-31-32(27,28)30-18-20(24)16-23;/h20-21,23-25H,2-19H2,1H3,(H,27,28);/q;+1. The number of ether oxygens (including phenoxy) is 1. The number of unbranched alkanes of at least 4 members (excludes halogenated alkanes) is 12. The minimum Gasteiger partial charge on any atom is -0.463 e. The van der Waals surface area contributed by atoms with E-state index in [2.05, 4.69) is 16.0 Å². The molecule has 0 aromatic heterocycles. The summed E-state index contributed by atoms with van der Waals surface area (Å²) in [6.07, 6.45) is 13.5. The van der Waals surface area contributed by atoms with Crippen LogP contribution in [0.3, 0.4) is 0 Å². The number of carbonyl (C=O) groups is 1. The third kappa shape index (κ3) is 25.4. The molecule has 0 aliphatic rings. The minimum atomic E-state index is -4.48. The van der Waals surface area contributed by atoms with E-state index in [-0.39, 0.29) is 42.6 Å². The number of hydrogen-bond acceptors (Lipinski definition) is 8. The van der Waals surface area contributed by atoms with Gasteiger partial charge < -0.3 is 24.9 Å². The third-order valence-corrected chi connectivity index (χ3v) is 5.94. The van der Waals surface area contributed by atoms with Gasteiger partial charge in [0, 0.05) is 6.42 Å². The van der Waals surface area contributed by atoms with Crippen LogP contribution < -0.4 is 29.6 Å². The van der Waals surface area contributed by atoms with Crippen molar-refractivity contribution in [1.29, 1.82) is 0 Å². The van der Waals surface area contributed by atoms with Crippen LogP contribution in [0, 0.1) is 0 Å². The molecular weight excluding hydrogens is 462 g/mol. The van der Waals surface area contributed by atoms with E-state index in [0.29, 0.717) is 0 Å². The first kappa shape index (κ1) is 35.6. The van der Waals surface area contributed by atoms with E-state index in [1.54, 1.807) is 0 Å². The zero-order valence-corrected chi connectivity index (χ0v) is 23.6. The monoisotopic (exact) mass is 507 g/mol. The minimum absolute atomic E-state index is 0. The number of phosphoric ester groups is 1. The predicted octanol–water partition coefficient (Wildman–Crippen LogP) is 0.863. The molecule has 0 aliphatic carbocycles. The van der Waals surface area contributed by atoms with Crippen molar-refractivity contribution in [3.63, 3.8) is 0 Å². The molecule has 0 saturated heterocycles. The number of hydrogen-bond donors (Lipinski definition) is 4. The maximum atomic E-state index is 11.7. The first-order valence-corrected chi connectivity index (χ1v) is 13.5. The first-order chi connectivity index (χ1) is 15.3. The molecule has 0 bridgehead atoms. The molecule has 9 nitrogen and oxygen atoms in total. The van der Waals surface area contributed by atoms with Gasteiger partial charge >= 0.3 is 43.3 Å². The van der Waals surface area contributed by atoms with Crippen LogP contribution in [-0.2, 0) is 23.1 Å². The van der Waals surface area contributed by atoms with Crippen molar-refractivity contribution in [3.05, 3.63) is 0 Å². The smallest absolute Gasteiger partial charge is 0.463 e. The molecule has 0 aliphatic heterocycles. The average Bonchev–Trinajstić information content (AvgIpc) is 2.77. The number of rotatable bonds is 23. The summed E-state index contributed by atoms with van der Waals surface area (Å²) in [5.74, 6) is -0.429. The zero-order chi connectivity index (χ0) is 24.1. The van der Waals surface area contributed by atoms with Gasteiger partial charge in [0.1, 0.15) is 18.8 Å². The number of carbonyl (C=O) groups excluding carboxylic acids is 1. The van der Waals surface area contributed by atoms with E-state index < -0.39 is 45.8 Å². The van der Waals surface area contributed by atoms with Crippen molar-refractivity contribution >= 4 is 13.8 Å². The molecular formula is C22H45NaO9P+. The van der Waals surface area contributed by atoms with Gasteiger partial charge in [0.05, 0.1) is 19.8 Å². The van der Waals surface area contributed by atoms with Gasteiger partial charge in [0.25, 0.3) is 0 Å². The van der Waals surface area contributed by atoms with Gasteiger partial charge in [-0.05, 0) is 6.42 Å². The number of aliphatic hydroxyl groups is 3. The molecule has 11 heteroatoms. The molecule has 0 spiro atoms. The summed E-state index contributed by atoms with van der Waals surface area (Å²) in [6, 6.07) is 0. The molecule has 0 aromatic rings. The van der Waals surface area contributed by atoms with Crippen molar-refractivity contribution in [2.24, 2.45) is 0 Å². The fraction of sp³-hybridized carbons (Fsp3) is 0.955. The predicted molar refractivity (Wildman–Crippen MR) is 122 cm³/mol. The Hall–Kier alpha value is 0.460. The molecule has 33 heavy (non-hydrogen) atoms. The second kappa shape index (κ2) is 24.2. The normalized spacial score (nSPS) is 14.8. The van der Waals surface area contributed by atoms with Crippen molar-refractivity contribution in [2.75, 3.05) is 26.4 Å². The number of esters is 1. The number of phosphoric acid groups is 1. The molecule has 0 radical (unpaired) electrons. The molecule has 192 valence electrons. The van der Waals surface area contributed by atoms with E-state index in [4.69, 9.17) is 14.9 Å². The van der Waals surface area contributed by atoms with E-state index >= 15 is 0 Å². The maximum Gasteiger partial charge on any atom is 1.00 e. The van der Waals surface area contributed by atoms with Gasteiger partial charge in [-0.15, -0.1) is 0 Å². The van der Waals surface area contributed by atoms with Crippen molar-refractivity contribution < 1.29 is 72.9 Å². The van der Waals surface area contributed by atoms with Crippen molar-refractivity contribution in [2.45, 2.75) is 109 Å². The summed E-state index contributed by atoms with van der Waals surface area (Å²) < 4.78 is 25.5. The fourth-order valence-corrected chi connectivity index (χ4v) is 3.84. The SMILES string of the molecule is CCCCCCCCCCCCCCCC(=O)OCC(O)COP(=O)(O)OCC(O)CO.[Na+]. The topological polar surface area (TPSA) is 143 Å². The summed E-state index contributed by atoms with van der Waals surface area (Å²) >= 11 is 0. The molecule has 0 heterocycles. The van der Waals surface area contributed by atoms with Crippen LogP contribution in [0.2, 0.25) is 0 Å². The molecule has 3 unspecified atom stereocenters. The Morgan fingerprint density at radius 2 is 1.18 bits per heavy atom. The first-order valence-electron chi connectivity index (χ1n) is 12.0. The van der Waals surface area contributed by atoms with E-state index in [9.17, 15) is 19.4 Å². The second-order valence-corrected chi connectivity index (χ2v) is 9.68. The Kier molecular flexibility index (Phi) is 26.1. The Balaban J connectivity index is 0. The van der Waals surface area contributed by atoms with Gasteiger partial charge in [-0.3, -0.25) is 13.8 Å². The van der Waals surface area contributed by atoms with Gasteiger partial charge in [-0.1, -0.05) is 84.0 Å². The van der Waals surface area contributed by atoms with E-state index in [1.807, 2.05) is 0 Å². The van der Waals surface area contributed by atoms with Crippen molar-refractivity contribution in [3.8, 4) is 0 Å². The Labute approximate surface area is 221 Å². The van der Waals surface area contributed by atoms with Crippen LogP contribution in [0.25, 0.3) is 0 Å². The van der Waals surface area contributed by atoms with Crippen LogP contribution >= 0.6 is 7.82 Å². The third-order valence-electron chi connectivity index (χ3n) is 4.99. The van der Waals surface area contributed by atoms with Crippen LogP contribution in [0.15, 0.2) is 0 Å². The molecule has 4 N–H and O–H groups in total. The van der Waals surface area contributed by atoms with Gasteiger partial charge in [-0.25, -0.2) is 4.57 Å². The van der Waals surface area contributed by atoms with Crippen LogP contribution in [0.5, 0.6) is 0 Å². The van der Waals surface area contributed by atoms with E-state index in [1.165, 1.54) is 64.2 Å². The largest absolute Gasteiger partial charge is 1.00 e. The summed E-state index contributed by atoms with van der Waals surface area (Å²) in [7, 11) is -4.48. The Morgan fingerprint density at radius 3 is 1.64 bits per heavy atom. The van der Waals surface area contributed by atoms with Gasteiger partial charge in [0.2, 0.25) is 0 Å². The summed E-state index contributed by atoms with van der Waals surface area (Å²) in [6.45, 7) is 0.0932. The summed E-state index contributed by atoms with van der Waals surface area (Å²) in [5.41, 5.74) is 0. The zero-order valence-electron chi connectivity index (χ0n) is 20.7. The van der Waals surface area contributed by atoms with Gasteiger partial charge in [-0.2, -0.15) is 0 Å². The van der Waals surface area contributed by atoms with Gasteiger partial charge in [0.15, 0.2) is 0 Å². The van der Waals surface area contributed by atoms with Crippen LogP contribution in [-0.4, -0.2) is 64.8 Å². The molecule has 0 saturated carbocycles. The quantitative estimate of drug-likeness (QED) is 0.0685. The number of aliphatic hydroxyl groups excluding tert-OH is 3. The summed E-state index contributed by atoms with van der Waals surface area (Å²) in [5, 5.41) is 27.4. The molecule has 3 atom stereocenters. The Morgan fingerprint density at radius 1 is 0.758 bits per heavy atom. The summed E-state index contributed by atoms with van der Waals surface area (Å²) in [4.78, 5) is 21.1. The second-order valence-electron chi connectivity index (χ2n) is 8.23. The van der Waals surface area contributed by atoms with E-state index in [0.717, 1.165) is 19.3 Å². The van der Waals surface area contributed by atoms with Crippen LogP contribution in [0.1, 0.15) is 96.8 Å². The molecule has 0 rings (SSSR count). The Bertz CT molecular complexity index is 496. The fourth-order valence-electron chi connectivity index (χ4n) is 3.05. The molecule has 0 fully saturated rings. The average molecular weight is 508 g/mol.